The molecule has 4 N–H and O–H groups in total. The van der Waals surface area contributed by atoms with Crippen LogP contribution in [-0.4, -0.2) is 80.8 Å². The SMILES string of the molecule is CN(C)c1cccc2c(S(=O)(=O)CCCO)cccc12.CN(C)c1cccc2c(S(=O)(=O)Cl)cccc12.NCCO. The Labute approximate surface area is 247 Å². The topological polar surface area (TPSA) is 141 Å². The van der Waals surface area contributed by atoms with Gasteiger partial charge in [0.2, 0.25) is 0 Å². The molecule has 0 heterocycles. The highest BCUT2D eigenvalue weighted by molar-refractivity contribution is 8.14. The molecule has 224 valence electrons. The number of fused-ring (bicyclic) bond motifs is 2. The fourth-order valence-corrected chi connectivity index (χ4v) is 6.77. The van der Waals surface area contributed by atoms with Crippen LogP contribution in [0.5, 0.6) is 0 Å². The average Bonchev–Trinajstić information content (AvgIpc) is 2.94. The Bertz CT molecular complexity index is 1660. The highest BCUT2D eigenvalue weighted by Gasteiger charge is 2.18. The molecule has 0 saturated carbocycles. The number of rotatable bonds is 8. The van der Waals surface area contributed by atoms with Gasteiger partial charge in [0.05, 0.1) is 22.2 Å². The second kappa shape index (κ2) is 15.3. The van der Waals surface area contributed by atoms with E-state index in [9.17, 15) is 16.8 Å². The van der Waals surface area contributed by atoms with Crippen LogP contribution in [0.1, 0.15) is 6.42 Å². The van der Waals surface area contributed by atoms with Crippen molar-refractivity contribution in [3.8, 4) is 0 Å². The molecule has 0 fully saturated rings. The van der Waals surface area contributed by atoms with Gasteiger partial charge in [-0.05, 0) is 30.7 Å². The van der Waals surface area contributed by atoms with Crippen LogP contribution in [0.2, 0.25) is 0 Å². The molecule has 0 spiro atoms. The van der Waals surface area contributed by atoms with Crippen LogP contribution >= 0.6 is 10.7 Å². The van der Waals surface area contributed by atoms with Crippen LogP contribution in [0, 0.1) is 0 Å². The maximum atomic E-state index is 12.4. The molecule has 4 rings (SSSR count). The maximum absolute atomic E-state index is 12.4. The van der Waals surface area contributed by atoms with E-state index in [1.54, 1.807) is 24.3 Å². The van der Waals surface area contributed by atoms with Gasteiger partial charge >= 0.3 is 0 Å². The van der Waals surface area contributed by atoms with Gasteiger partial charge in [-0.3, -0.25) is 0 Å². The maximum Gasteiger partial charge on any atom is 0.261 e. The zero-order valence-electron chi connectivity index (χ0n) is 23.7. The van der Waals surface area contributed by atoms with E-state index in [0.29, 0.717) is 16.8 Å². The van der Waals surface area contributed by atoms with Crippen molar-refractivity contribution in [1.29, 1.82) is 0 Å². The van der Waals surface area contributed by atoms with E-state index in [1.807, 2.05) is 80.5 Å². The highest BCUT2D eigenvalue weighted by atomic mass is 35.7. The number of nitrogens with two attached hydrogens (primary N) is 1. The average molecular weight is 624 g/mol. The van der Waals surface area contributed by atoms with Gasteiger partial charge in [0.1, 0.15) is 0 Å². The van der Waals surface area contributed by atoms with Crippen LogP contribution in [-0.2, 0) is 18.9 Å². The third kappa shape index (κ3) is 9.03. The van der Waals surface area contributed by atoms with Gasteiger partial charge in [0.25, 0.3) is 9.05 Å². The molecular weight excluding hydrogens is 586 g/mol. The molecule has 12 heteroatoms. The first-order valence-corrected chi connectivity index (χ1v) is 16.7. The summed E-state index contributed by atoms with van der Waals surface area (Å²) >= 11 is 0. The zero-order chi connectivity index (χ0) is 30.8. The highest BCUT2D eigenvalue weighted by Crippen LogP contribution is 2.32. The minimum absolute atomic E-state index is 0.0329. The van der Waals surface area contributed by atoms with E-state index in [2.05, 4.69) is 0 Å². The fraction of sp³-hybridized carbons (Fsp3) is 0.310. The summed E-state index contributed by atoms with van der Waals surface area (Å²) in [6.45, 7) is 0.354. The van der Waals surface area contributed by atoms with Crippen molar-refractivity contribution < 1.29 is 27.0 Å². The van der Waals surface area contributed by atoms with E-state index in [-0.39, 0.29) is 30.3 Å². The number of halogens is 1. The Morgan fingerprint density at radius 3 is 1.44 bits per heavy atom. The van der Waals surface area contributed by atoms with Gasteiger partial charge in [0, 0.05) is 84.9 Å². The van der Waals surface area contributed by atoms with E-state index in [0.717, 1.165) is 27.5 Å². The molecule has 0 aliphatic rings. The quantitative estimate of drug-likeness (QED) is 0.250. The molecule has 9 nitrogen and oxygen atoms in total. The van der Waals surface area contributed by atoms with Gasteiger partial charge in [-0.2, -0.15) is 0 Å². The third-order valence-corrected chi connectivity index (χ3v) is 9.21. The molecule has 0 atom stereocenters. The first-order valence-electron chi connectivity index (χ1n) is 12.8. The van der Waals surface area contributed by atoms with Crippen molar-refractivity contribution in [2.45, 2.75) is 16.2 Å². The molecule has 0 aromatic heterocycles. The summed E-state index contributed by atoms with van der Waals surface area (Å²) in [7, 11) is 6.03. The minimum atomic E-state index is -3.72. The number of hydrogen-bond donors (Lipinski definition) is 3. The van der Waals surface area contributed by atoms with Crippen LogP contribution in [0.15, 0.2) is 82.6 Å². The lowest BCUT2D eigenvalue weighted by Crippen LogP contribution is -2.11. The Kier molecular flexibility index (Phi) is 12.8. The molecule has 0 saturated heterocycles. The van der Waals surface area contributed by atoms with Gasteiger partial charge in [-0.25, -0.2) is 16.8 Å². The molecule has 4 aromatic carbocycles. The van der Waals surface area contributed by atoms with Gasteiger partial charge < -0.3 is 25.7 Å². The zero-order valence-corrected chi connectivity index (χ0v) is 26.0. The lowest BCUT2D eigenvalue weighted by atomic mass is 10.1. The summed E-state index contributed by atoms with van der Waals surface area (Å²) in [6.07, 6.45) is 0.256. The summed E-state index contributed by atoms with van der Waals surface area (Å²) in [6, 6.07) is 21.6. The van der Waals surface area contributed by atoms with Crippen molar-refractivity contribution >= 4 is 62.5 Å². The third-order valence-electron chi connectivity index (χ3n) is 5.98. The Morgan fingerprint density at radius 2 is 1.05 bits per heavy atom. The molecule has 0 amide bonds. The van der Waals surface area contributed by atoms with Crippen LogP contribution < -0.4 is 15.5 Å². The molecular formula is C29H38ClN3O6S2. The summed E-state index contributed by atoms with van der Waals surface area (Å²) in [5.74, 6) is -0.0329. The van der Waals surface area contributed by atoms with Crippen LogP contribution in [0.4, 0.5) is 11.4 Å². The molecule has 0 radical (unpaired) electrons. The molecule has 0 unspecified atom stereocenters. The Hall–Kier alpha value is -2.93. The monoisotopic (exact) mass is 623 g/mol. The number of hydrogen-bond acceptors (Lipinski definition) is 9. The van der Waals surface area contributed by atoms with Crippen molar-refractivity contribution in [3.05, 3.63) is 72.8 Å². The van der Waals surface area contributed by atoms with Crippen molar-refractivity contribution in [1.82, 2.24) is 0 Å². The van der Waals surface area contributed by atoms with Gasteiger partial charge in [0.15, 0.2) is 9.84 Å². The summed E-state index contributed by atoms with van der Waals surface area (Å²) in [5.41, 5.74) is 6.73. The number of benzene rings is 4. The molecule has 0 aliphatic heterocycles. The number of anilines is 2. The summed E-state index contributed by atoms with van der Waals surface area (Å²) in [5, 5.41) is 19.8. The predicted octanol–water partition coefficient (Wildman–Crippen LogP) is 3.83. The lowest BCUT2D eigenvalue weighted by molar-refractivity contribution is 0.295. The Balaban J connectivity index is 0.000000256. The predicted molar refractivity (Wildman–Crippen MR) is 169 cm³/mol. The minimum Gasteiger partial charge on any atom is -0.396 e. The van der Waals surface area contributed by atoms with Crippen LogP contribution in [0.25, 0.3) is 21.5 Å². The van der Waals surface area contributed by atoms with E-state index < -0.39 is 18.9 Å². The summed E-state index contributed by atoms with van der Waals surface area (Å²) < 4.78 is 47.7. The second-order valence-corrected chi connectivity index (χ2v) is 14.0. The first kappa shape index (κ1) is 34.3. The van der Waals surface area contributed by atoms with Crippen LogP contribution in [0.3, 0.4) is 0 Å². The number of aliphatic hydroxyl groups is 2. The summed E-state index contributed by atoms with van der Waals surface area (Å²) in [4.78, 5) is 4.40. The number of nitrogens with zero attached hydrogens (tertiary/aromatic N) is 2. The number of sulfone groups is 1. The largest absolute Gasteiger partial charge is 0.396 e. The lowest BCUT2D eigenvalue weighted by Gasteiger charge is -2.16. The van der Waals surface area contributed by atoms with Gasteiger partial charge in [-0.1, -0.05) is 48.5 Å². The molecule has 0 bridgehead atoms. The van der Waals surface area contributed by atoms with Crippen molar-refractivity contribution in [2.75, 3.05) is 63.5 Å². The van der Waals surface area contributed by atoms with E-state index in [4.69, 9.17) is 26.6 Å². The normalized spacial score (nSPS) is 11.3. The first-order chi connectivity index (χ1) is 19.3. The molecule has 41 heavy (non-hydrogen) atoms. The molecule has 0 aliphatic carbocycles. The smallest absolute Gasteiger partial charge is 0.261 e. The molecule has 4 aromatic rings. The standard InChI is InChI=1S/C15H19NO3S.C12H12ClNO2S.C2H7NO/c1-16(2)14-8-3-7-13-12(14)6-4-9-15(13)20(18,19)11-5-10-17;1-14(2)11-7-3-6-10-9(11)5-4-8-12(10)17(13,15)16;3-1-2-4/h3-4,6-9,17H,5,10-11H2,1-2H3;3-8H,1-2H3;4H,1-3H2. The fourth-order valence-electron chi connectivity index (χ4n) is 4.16. The van der Waals surface area contributed by atoms with Crippen molar-refractivity contribution in [2.24, 2.45) is 5.73 Å². The second-order valence-electron chi connectivity index (χ2n) is 9.39. The number of aliphatic hydroxyl groups excluding tert-OH is 2. The van der Waals surface area contributed by atoms with Gasteiger partial charge in [-0.15, -0.1) is 0 Å². The van der Waals surface area contributed by atoms with E-state index in [1.165, 1.54) is 6.07 Å². The van der Waals surface area contributed by atoms with Crippen molar-refractivity contribution in [3.63, 3.8) is 0 Å². The van der Waals surface area contributed by atoms with E-state index >= 15 is 0 Å². The Morgan fingerprint density at radius 1 is 0.659 bits per heavy atom.